The molecule has 0 atom stereocenters. The van der Waals surface area contributed by atoms with Crippen LogP contribution in [0.1, 0.15) is 5.56 Å². The Kier molecular flexibility index (Phi) is 5.41. The van der Waals surface area contributed by atoms with E-state index in [9.17, 15) is 9.59 Å². The Morgan fingerprint density at radius 3 is 2.36 bits per heavy atom. The first kappa shape index (κ1) is 16.3. The molecule has 2 rings (SSSR count). The van der Waals surface area contributed by atoms with E-state index in [-0.39, 0.29) is 0 Å². The molecule has 0 unspecified atom stereocenters. The third-order valence-corrected chi connectivity index (χ3v) is 3.72. The molecule has 0 aliphatic carbocycles. The van der Waals surface area contributed by atoms with Gasteiger partial charge >= 0.3 is 11.8 Å². The van der Waals surface area contributed by atoms with Gasteiger partial charge in [-0.2, -0.15) is 0 Å². The zero-order chi connectivity index (χ0) is 16.1. The summed E-state index contributed by atoms with van der Waals surface area (Å²) in [4.78, 5) is 25.4. The lowest BCUT2D eigenvalue weighted by atomic mass is 10.2. The van der Waals surface area contributed by atoms with Gasteiger partial charge in [-0.15, -0.1) is 0 Å². The predicted octanol–water partition coefficient (Wildman–Crippen LogP) is 3.59. The van der Waals surface area contributed by atoms with Gasteiger partial charge in [-0.05, 0) is 23.8 Å². The molecule has 0 heterocycles. The lowest BCUT2D eigenvalue weighted by molar-refractivity contribution is -0.142. The highest BCUT2D eigenvalue weighted by Gasteiger charge is 2.19. The number of carbonyl (C=O) groups is 2. The average Bonchev–Trinajstić information content (AvgIpc) is 2.51. The number of nitrogens with one attached hydrogen (secondary N) is 1. The number of hydrogen-bond donors (Lipinski definition) is 1. The molecule has 0 radical (unpaired) electrons. The van der Waals surface area contributed by atoms with Gasteiger partial charge in [-0.25, -0.2) is 0 Å². The zero-order valence-corrected chi connectivity index (χ0v) is 13.4. The van der Waals surface area contributed by atoms with Crippen LogP contribution in [0.4, 0.5) is 5.69 Å². The van der Waals surface area contributed by atoms with Crippen molar-refractivity contribution in [3.05, 3.63) is 64.1 Å². The number of hydrogen-bond acceptors (Lipinski definition) is 2. The molecule has 0 aliphatic heterocycles. The van der Waals surface area contributed by atoms with Crippen LogP contribution in [-0.4, -0.2) is 23.8 Å². The fraction of sp³-hybridized carbons (Fsp3) is 0.125. The molecule has 0 spiro atoms. The van der Waals surface area contributed by atoms with Crippen molar-refractivity contribution in [2.24, 2.45) is 0 Å². The lowest BCUT2D eigenvalue weighted by Gasteiger charge is -2.16. The Morgan fingerprint density at radius 1 is 1.05 bits per heavy atom. The van der Waals surface area contributed by atoms with Crippen molar-refractivity contribution in [3.8, 4) is 0 Å². The summed E-state index contributed by atoms with van der Waals surface area (Å²) in [7, 11) is 1.57. The third kappa shape index (κ3) is 4.23. The number of anilines is 1. The smallest absolute Gasteiger partial charge is 0.313 e. The number of benzene rings is 2. The minimum Gasteiger partial charge on any atom is -0.333 e. The molecule has 22 heavy (non-hydrogen) atoms. The first-order chi connectivity index (χ1) is 10.5. The minimum absolute atomic E-state index is 0.310. The number of halogens is 2. The minimum atomic E-state index is -0.725. The highest BCUT2D eigenvalue weighted by atomic mass is 35.5. The number of nitrogens with zero attached hydrogens (tertiary/aromatic N) is 1. The highest BCUT2D eigenvalue weighted by molar-refractivity contribution is 6.42. The van der Waals surface area contributed by atoms with E-state index >= 15 is 0 Å². The molecule has 0 aliphatic rings. The van der Waals surface area contributed by atoms with Gasteiger partial charge in [0.15, 0.2) is 0 Å². The van der Waals surface area contributed by atoms with E-state index in [0.29, 0.717) is 22.3 Å². The molecular formula is C16H14Cl2N2O2. The molecule has 2 aromatic rings. The molecule has 0 saturated heterocycles. The van der Waals surface area contributed by atoms with E-state index in [1.807, 2.05) is 30.3 Å². The van der Waals surface area contributed by atoms with Crippen molar-refractivity contribution in [1.82, 2.24) is 4.90 Å². The van der Waals surface area contributed by atoms with E-state index in [1.54, 1.807) is 19.2 Å². The molecule has 1 N–H and O–H groups in total. The average molecular weight is 337 g/mol. The molecule has 0 fully saturated rings. The number of carbonyl (C=O) groups excluding carboxylic acids is 2. The summed E-state index contributed by atoms with van der Waals surface area (Å²) in [5, 5.41) is 3.19. The second-order valence-corrected chi connectivity index (χ2v) is 5.54. The van der Waals surface area contributed by atoms with Gasteiger partial charge in [0.1, 0.15) is 0 Å². The molecule has 0 aromatic heterocycles. The van der Waals surface area contributed by atoms with Gasteiger partial charge in [0.25, 0.3) is 0 Å². The highest BCUT2D eigenvalue weighted by Crippen LogP contribution is 2.24. The van der Waals surface area contributed by atoms with Gasteiger partial charge in [0.2, 0.25) is 0 Å². The summed E-state index contributed by atoms with van der Waals surface area (Å²) >= 11 is 11.7. The molecule has 0 saturated carbocycles. The van der Waals surface area contributed by atoms with E-state index in [0.717, 1.165) is 5.56 Å². The fourth-order valence-corrected chi connectivity index (χ4v) is 2.16. The Balaban J connectivity index is 1.99. The van der Waals surface area contributed by atoms with Crippen LogP contribution in [0.2, 0.25) is 10.0 Å². The predicted molar refractivity (Wildman–Crippen MR) is 88.0 cm³/mol. The summed E-state index contributed by atoms with van der Waals surface area (Å²) in [6, 6.07) is 14.1. The molecule has 6 heteroatoms. The monoisotopic (exact) mass is 336 g/mol. The van der Waals surface area contributed by atoms with Gasteiger partial charge in [-0.3, -0.25) is 9.59 Å². The molecule has 4 nitrogen and oxygen atoms in total. The van der Waals surface area contributed by atoms with Crippen molar-refractivity contribution in [2.75, 3.05) is 12.4 Å². The first-order valence-electron chi connectivity index (χ1n) is 6.53. The Morgan fingerprint density at radius 2 is 1.73 bits per heavy atom. The van der Waals surface area contributed by atoms with Crippen molar-refractivity contribution in [1.29, 1.82) is 0 Å². The van der Waals surface area contributed by atoms with Gasteiger partial charge in [-0.1, -0.05) is 53.5 Å². The quantitative estimate of drug-likeness (QED) is 0.870. The van der Waals surface area contributed by atoms with E-state index < -0.39 is 11.8 Å². The second kappa shape index (κ2) is 7.29. The Labute approximate surface area is 138 Å². The van der Waals surface area contributed by atoms with E-state index in [1.165, 1.54) is 11.0 Å². The second-order valence-electron chi connectivity index (χ2n) is 4.73. The zero-order valence-electron chi connectivity index (χ0n) is 11.8. The van der Waals surface area contributed by atoms with Gasteiger partial charge < -0.3 is 10.2 Å². The van der Waals surface area contributed by atoms with Crippen LogP contribution in [0.5, 0.6) is 0 Å². The van der Waals surface area contributed by atoms with Crippen LogP contribution >= 0.6 is 23.2 Å². The summed E-state index contributed by atoms with van der Waals surface area (Å²) in [5.74, 6) is -1.35. The number of rotatable bonds is 3. The Bertz CT molecular complexity index is 690. The largest absolute Gasteiger partial charge is 0.333 e. The Hall–Kier alpha value is -2.04. The van der Waals surface area contributed by atoms with Crippen molar-refractivity contribution in [2.45, 2.75) is 6.54 Å². The maximum atomic E-state index is 12.1. The van der Waals surface area contributed by atoms with Crippen LogP contribution in [0.25, 0.3) is 0 Å². The summed E-state index contributed by atoms with van der Waals surface area (Å²) in [6.45, 7) is 0.356. The molecular weight excluding hydrogens is 323 g/mol. The molecule has 114 valence electrons. The van der Waals surface area contributed by atoms with Crippen LogP contribution < -0.4 is 5.32 Å². The van der Waals surface area contributed by atoms with Crippen molar-refractivity contribution < 1.29 is 9.59 Å². The molecule has 2 amide bonds. The lowest BCUT2D eigenvalue weighted by Crippen LogP contribution is -2.36. The van der Waals surface area contributed by atoms with Crippen LogP contribution in [-0.2, 0) is 16.1 Å². The number of amides is 2. The van der Waals surface area contributed by atoms with Gasteiger partial charge in [0.05, 0.1) is 10.0 Å². The topological polar surface area (TPSA) is 49.4 Å². The van der Waals surface area contributed by atoms with Crippen molar-refractivity contribution in [3.63, 3.8) is 0 Å². The van der Waals surface area contributed by atoms with Crippen molar-refractivity contribution >= 4 is 40.7 Å². The summed E-state index contributed by atoms with van der Waals surface area (Å²) in [5.41, 5.74) is 1.36. The number of likely N-dealkylation sites (N-methyl/N-ethyl adjacent to an activating group) is 1. The molecule has 2 aromatic carbocycles. The van der Waals surface area contributed by atoms with E-state index in [4.69, 9.17) is 23.2 Å². The van der Waals surface area contributed by atoms with Crippen LogP contribution in [0, 0.1) is 0 Å². The maximum Gasteiger partial charge on any atom is 0.313 e. The molecule has 0 bridgehead atoms. The third-order valence-electron chi connectivity index (χ3n) is 2.98. The summed E-state index contributed by atoms with van der Waals surface area (Å²) < 4.78 is 0. The van der Waals surface area contributed by atoms with Crippen LogP contribution in [0.3, 0.4) is 0 Å². The SMILES string of the molecule is CN(Cc1ccccc1)C(=O)C(=O)Nc1ccc(Cl)c(Cl)c1. The fourth-order valence-electron chi connectivity index (χ4n) is 1.86. The maximum absolute atomic E-state index is 12.1. The summed E-state index contributed by atoms with van der Waals surface area (Å²) in [6.07, 6.45) is 0. The van der Waals surface area contributed by atoms with Crippen LogP contribution in [0.15, 0.2) is 48.5 Å². The standard InChI is InChI=1S/C16H14Cl2N2O2/c1-20(10-11-5-3-2-4-6-11)16(22)15(21)19-12-7-8-13(17)14(18)9-12/h2-9H,10H2,1H3,(H,19,21). The van der Waals surface area contributed by atoms with E-state index in [2.05, 4.69) is 5.32 Å². The first-order valence-corrected chi connectivity index (χ1v) is 7.28. The normalized spacial score (nSPS) is 10.1. The van der Waals surface area contributed by atoms with Gasteiger partial charge in [0, 0.05) is 19.3 Å².